The van der Waals surface area contributed by atoms with Crippen LogP contribution in [0.5, 0.6) is 5.75 Å². The Bertz CT molecular complexity index is 470. The average molecular weight is 262 g/mol. The Morgan fingerprint density at radius 2 is 2.28 bits per heavy atom. The minimum absolute atomic E-state index is 0.0545. The lowest BCUT2D eigenvalue weighted by atomic mass is 10.1. The Hall–Kier alpha value is -1.39. The predicted molar refractivity (Wildman–Crippen MR) is 75.0 cm³/mol. The summed E-state index contributed by atoms with van der Waals surface area (Å²) in [7, 11) is 1.65. The molecule has 0 saturated heterocycles. The highest BCUT2D eigenvalue weighted by atomic mass is 32.1. The number of aromatic nitrogens is 1. The van der Waals surface area contributed by atoms with E-state index in [0.29, 0.717) is 0 Å². The van der Waals surface area contributed by atoms with Crippen molar-refractivity contribution in [1.29, 1.82) is 0 Å². The number of ether oxygens (including phenoxy) is 1. The maximum absolute atomic E-state index is 6.17. The molecule has 2 aromatic rings. The molecular formula is C14H18N2OS. The predicted octanol–water partition coefficient (Wildman–Crippen LogP) is 3.17. The lowest BCUT2D eigenvalue weighted by Crippen LogP contribution is -2.13. The molecule has 1 unspecified atom stereocenters. The van der Waals surface area contributed by atoms with Crippen LogP contribution in [0.2, 0.25) is 0 Å². The van der Waals surface area contributed by atoms with Gasteiger partial charge in [0.05, 0.1) is 18.8 Å². The summed E-state index contributed by atoms with van der Waals surface area (Å²) in [6, 6.07) is 7.96. The second kappa shape index (κ2) is 6.52. The summed E-state index contributed by atoms with van der Waals surface area (Å²) in [5.74, 6) is 0.779. The zero-order chi connectivity index (χ0) is 12.8. The molecule has 0 fully saturated rings. The quantitative estimate of drug-likeness (QED) is 0.869. The van der Waals surface area contributed by atoms with Crippen LogP contribution in [-0.2, 0) is 6.42 Å². The summed E-state index contributed by atoms with van der Waals surface area (Å²) in [5.41, 5.74) is 7.02. The van der Waals surface area contributed by atoms with Gasteiger partial charge in [-0.25, -0.2) is 0 Å². The Kier molecular flexibility index (Phi) is 4.73. The standard InChI is InChI=1S/C14H18N2OS/c1-17-13-8-3-9-16-14(13)12(15)7-2-5-11-6-4-10-18-11/h3-4,6,8-10,12H,2,5,7,15H2,1H3. The van der Waals surface area contributed by atoms with Gasteiger partial charge in [0.25, 0.3) is 0 Å². The molecule has 0 saturated carbocycles. The van der Waals surface area contributed by atoms with E-state index in [9.17, 15) is 0 Å². The number of hydrogen-bond acceptors (Lipinski definition) is 4. The number of thiophene rings is 1. The van der Waals surface area contributed by atoms with Gasteiger partial charge >= 0.3 is 0 Å². The normalized spacial score (nSPS) is 12.3. The highest BCUT2D eigenvalue weighted by molar-refractivity contribution is 7.09. The molecule has 2 N–H and O–H groups in total. The number of nitrogens with two attached hydrogens (primary N) is 1. The van der Waals surface area contributed by atoms with E-state index in [1.54, 1.807) is 24.6 Å². The van der Waals surface area contributed by atoms with Crippen molar-refractivity contribution in [2.75, 3.05) is 7.11 Å². The number of methoxy groups -OCH3 is 1. The molecule has 0 radical (unpaired) electrons. The van der Waals surface area contributed by atoms with Crippen LogP contribution in [0.15, 0.2) is 35.8 Å². The molecule has 3 nitrogen and oxygen atoms in total. The van der Waals surface area contributed by atoms with Gasteiger partial charge in [0, 0.05) is 11.1 Å². The summed E-state index contributed by atoms with van der Waals surface area (Å²) >= 11 is 1.80. The Morgan fingerprint density at radius 1 is 1.39 bits per heavy atom. The van der Waals surface area contributed by atoms with Gasteiger partial charge in [-0.15, -0.1) is 11.3 Å². The largest absolute Gasteiger partial charge is 0.495 e. The molecule has 2 aromatic heterocycles. The molecule has 96 valence electrons. The second-order valence-electron chi connectivity index (χ2n) is 4.17. The van der Waals surface area contributed by atoms with Crippen LogP contribution in [-0.4, -0.2) is 12.1 Å². The first-order valence-electron chi connectivity index (χ1n) is 6.08. The number of pyridine rings is 1. The van der Waals surface area contributed by atoms with Gasteiger partial charge in [-0.1, -0.05) is 6.07 Å². The lowest BCUT2D eigenvalue weighted by molar-refractivity contribution is 0.399. The zero-order valence-electron chi connectivity index (χ0n) is 10.5. The summed E-state index contributed by atoms with van der Waals surface area (Å²) in [6.45, 7) is 0. The third-order valence-corrected chi connectivity index (χ3v) is 3.83. The molecule has 4 heteroatoms. The molecule has 1 atom stereocenters. The molecule has 0 aliphatic carbocycles. The minimum atomic E-state index is -0.0545. The molecule has 0 bridgehead atoms. The van der Waals surface area contributed by atoms with E-state index >= 15 is 0 Å². The fraction of sp³-hybridized carbons (Fsp3) is 0.357. The van der Waals surface area contributed by atoms with Gasteiger partial charge in [-0.3, -0.25) is 4.98 Å². The average Bonchev–Trinajstić information content (AvgIpc) is 2.91. The molecule has 2 heterocycles. The highest BCUT2D eigenvalue weighted by Gasteiger charge is 2.12. The van der Waals surface area contributed by atoms with Gasteiger partial charge in [-0.2, -0.15) is 0 Å². The maximum Gasteiger partial charge on any atom is 0.141 e. The smallest absolute Gasteiger partial charge is 0.141 e. The van der Waals surface area contributed by atoms with Crippen LogP contribution in [0.3, 0.4) is 0 Å². The molecule has 0 aromatic carbocycles. The van der Waals surface area contributed by atoms with E-state index in [0.717, 1.165) is 30.7 Å². The molecule has 18 heavy (non-hydrogen) atoms. The summed E-state index contributed by atoms with van der Waals surface area (Å²) in [5, 5.41) is 2.11. The van der Waals surface area contributed by atoms with Crippen molar-refractivity contribution in [2.45, 2.75) is 25.3 Å². The molecule has 0 amide bonds. The summed E-state index contributed by atoms with van der Waals surface area (Å²) < 4.78 is 5.28. The fourth-order valence-corrected chi connectivity index (χ4v) is 2.69. The van der Waals surface area contributed by atoms with Crippen LogP contribution in [0.25, 0.3) is 0 Å². The van der Waals surface area contributed by atoms with Crippen LogP contribution < -0.4 is 10.5 Å². The van der Waals surface area contributed by atoms with Crippen molar-refractivity contribution in [3.8, 4) is 5.75 Å². The fourth-order valence-electron chi connectivity index (χ4n) is 1.94. The van der Waals surface area contributed by atoms with Crippen molar-refractivity contribution < 1.29 is 4.74 Å². The Balaban J connectivity index is 1.89. The van der Waals surface area contributed by atoms with Crippen LogP contribution in [0.1, 0.15) is 29.5 Å². The third-order valence-electron chi connectivity index (χ3n) is 2.89. The Labute approximate surface area is 112 Å². The van der Waals surface area contributed by atoms with Gasteiger partial charge in [-0.05, 0) is 42.8 Å². The number of rotatable bonds is 6. The molecule has 0 spiro atoms. The van der Waals surface area contributed by atoms with Crippen LogP contribution >= 0.6 is 11.3 Å². The van der Waals surface area contributed by atoms with Crippen molar-refractivity contribution in [2.24, 2.45) is 5.73 Å². The maximum atomic E-state index is 6.17. The molecule has 0 aliphatic heterocycles. The third kappa shape index (κ3) is 3.31. The summed E-state index contributed by atoms with van der Waals surface area (Å²) in [6.07, 6.45) is 4.84. The van der Waals surface area contributed by atoms with Gasteiger partial charge in [0.1, 0.15) is 5.75 Å². The Morgan fingerprint density at radius 3 is 3.00 bits per heavy atom. The van der Waals surface area contributed by atoms with E-state index in [2.05, 4.69) is 22.5 Å². The van der Waals surface area contributed by atoms with E-state index in [4.69, 9.17) is 10.5 Å². The minimum Gasteiger partial charge on any atom is -0.495 e. The summed E-state index contributed by atoms with van der Waals surface area (Å²) in [4.78, 5) is 5.73. The number of hydrogen-bond donors (Lipinski definition) is 1. The van der Waals surface area contributed by atoms with Crippen molar-refractivity contribution >= 4 is 11.3 Å². The van der Waals surface area contributed by atoms with Gasteiger partial charge < -0.3 is 10.5 Å². The van der Waals surface area contributed by atoms with E-state index in [1.165, 1.54) is 4.88 Å². The van der Waals surface area contributed by atoms with Crippen molar-refractivity contribution in [3.05, 3.63) is 46.4 Å². The first-order chi connectivity index (χ1) is 8.81. The van der Waals surface area contributed by atoms with Gasteiger partial charge in [0.15, 0.2) is 0 Å². The topological polar surface area (TPSA) is 48.1 Å². The monoisotopic (exact) mass is 262 g/mol. The lowest BCUT2D eigenvalue weighted by Gasteiger charge is -2.13. The molecular weight excluding hydrogens is 244 g/mol. The first kappa shape index (κ1) is 13.1. The number of aryl methyl sites for hydroxylation is 1. The highest BCUT2D eigenvalue weighted by Crippen LogP contribution is 2.24. The number of nitrogens with zero attached hydrogens (tertiary/aromatic N) is 1. The van der Waals surface area contributed by atoms with Crippen molar-refractivity contribution in [3.63, 3.8) is 0 Å². The zero-order valence-corrected chi connectivity index (χ0v) is 11.3. The van der Waals surface area contributed by atoms with Gasteiger partial charge in [0.2, 0.25) is 0 Å². The van der Waals surface area contributed by atoms with Crippen LogP contribution in [0.4, 0.5) is 0 Å². The van der Waals surface area contributed by atoms with Crippen LogP contribution in [0, 0.1) is 0 Å². The SMILES string of the molecule is COc1cccnc1C(N)CCCc1cccs1. The molecule has 0 aliphatic rings. The second-order valence-corrected chi connectivity index (χ2v) is 5.20. The first-order valence-corrected chi connectivity index (χ1v) is 6.96. The molecule has 2 rings (SSSR count). The van der Waals surface area contributed by atoms with E-state index in [1.807, 2.05) is 12.1 Å². The van der Waals surface area contributed by atoms with E-state index < -0.39 is 0 Å². The van der Waals surface area contributed by atoms with E-state index in [-0.39, 0.29) is 6.04 Å². The van der Waals surface area contributed by atoms with Crippen molar-refractivity contribution in [1.82, 2.24) is 4.98 Å².